The van der Waals surface area contributed by atoms with E-state index in [1.165, 1.54) is 0 Å². The largest absolute Gasteiger partial charge is 0.497 e. The summed E-state index contributed by atoms with van der Waals surface area (Å²) >= 11 is 0. The summed E-state index contributed by atoms with van der Waals surface area (Å²) in [5, 5.41) is 2.78. The van der Waals surface area contributed by atoms with Gasteiger partial charge in [-0.05, 0) is 24.3 Å². The number of nitrogens with one attached hydrogen (secondary N) is 1. The molecule has 0 radical (unpaired) electrons. The van der Waals surface area contributed by atoms with Gasteiger partial charge in [-0.1, -0.05) is 0 Å². The van der Waals surface area contributed by atoms with E-state index < -0.39 is 16.0 Å². The minimum Gasteiger partial charge on any atom is -0.497 e. The van der Waals surface area contributed by atoms with E-state index in [4.69, 9.17) is 4.74 Å². The Labute approximate surface area is 100 Å². The summed E-state index contributed by atoms with van der Waals surface area (Å²) < 4.78 is 37.5. The lowest BCUT2D eigenvalue weighted by atomic mass is 10.3. The molecule has 1 aromatic carbocycles. The Bertz CT molecular complexity index is 407. The molecule has 92 valence electrons. The highest BCUT2D eigenvalue weighted by molar-refractivity contribution is 7.86. The van der Waals surface area contributed by atoms with Gasteiger partial charge in [-0.2, -0.15) is 8.42 Å². The van der Waals surface area contributed by atoms with E-state index in [-0.39, 0.29) is 19.0 Å². The lowest BCUT2D eigenvalue weighted by Gasteiger charge is -2.05. The van der Waals surface area contributed by atoms with E-state index in [9.17, 15) is 12.3 Å². The van der Waals surface area contributed by atoms with Gasteiger partial charge in [0.05, 0.1) is 12.9 Å². The van der Waals surface area contributed by atoms with Crippen molar-refractivity contribution in [3.8, 4) is 5.75 Å². The van der Waals surface area contributed by atoms with Crippen LogP contribution in [0.25, 0.3) is 0 Å². The molecule has 0 unspecified atom stereocenters. The maximum absolute atomic E-state index is 12.1. The first-order valence-electron chi connectivity index (χ1n) is 4.31. The maximum atomic E-state index is 12.1. The second kappa shape index (κ2) is 6.55. The van der Waals surface area contributed by atoms with Gasteiger partial charge in [-0.15, -0.1) is 16.3 Å². The van der Waals surface area contributed by atoms with Crippen LogP contribution in [0.2, 0.25) is 0 Å². The number of methoxy groups -OCH3 is 1. The predicted octanol–water partition coefficient (Wildman–Crippen LogP) is 1.83. The highest BCUT2D eigenvalue weighted by Gasteiger charge is 2.05. The summed E-state index contributed by atoms with van der Waals surface area (Å²) in [5.74, 6) is 0.178. The van der Waals surface area contributed by atoms with Crippen molar-refractivity contribution >= 4 is 28.3 Å². The van der Waals surface area contributed by atoms with Crippen LogP contribution < -0.4 is 10.1 Å². The van der Waals surface area contributed by atoms with Crippen LogP contribution >= 0.6 is 12.4 Å². The Morgan fingerprint density at radius 2 is 1.88 bits per heavy atom. The van der Waals surface area contributed by atoms with Crippen molar-refractivity contribution in [3.63, 3.8) is 0 Å². The number of rotatable bonds is 5. The minimum absolute atomic E-state index is 0. The van der Waals surface area contributed by atoms with E-state index in [0.29, 0.717) is 5.75 Å². The van der Waals surface area contributed by atoms with Crippen LogP contribution in [0.1, 0.15) is 0 Å². The van der Waals surface area contributed by atoms with Crippen LogP contribution in [-0.2, 0) is 10.2 Å². The highest BCUT2D eigenvalue weighted by Crippen LogP contribution is 2.14. The number of anilines is 1. The van der Waals surface area contributed by atoms with Crippen molar-refractivity contribution in [3.05, 3.63) is 24.3 Å². The van der Waals surface area contributed by atoms with Crippen molar-refractivity contribution < 1.29 is 17.0 Å². The second-order valence-corrected chi connectivity index (χ2v) is 4.38. The zero-order chi connectivity index (χ0) is 11.3. The molecule has 1 aromatic rings. The molecule has 0 spiro atoms. The van der Waals surface area contributed by atoms with Crippen molar-refractivity contribution in [1.29, 1.82) is 0 Å². The molecule has 0 aliphatic rings. The van der Waals surface area contributed by atoms with Crippen molar-refractivity contribution in [1.82, 2.24) is 0 Å². The molecule has 0 aliphatic carbocycles. The van der Waals surface area contributed by atoms with Gasteiger partial charge >= 0.3 is 10.2 Å². The fourth-order valence-corrected chi connectivity index (χ4v) is 1.37. The third-order valence-corrected chi connectivity index (χ3v) is 2.46. The molecule has 0 bridgehead atoms. The molecule has 16 heavy (non-hydrogen) atoms. The summed E-state index contributed by atoms with van der Waals surface area (Å²) in [6, 6.07) is 6.91. The van der Waals surface area contributed by atoms with Crippen LogP contribution in [-0.4, -0.2) is 27.8 Å². The van der Waals surface area contributed by atoms with E-state index in [1.54, 1.807) is 31.4 Å². The average Bonchev–Trinajstić information content (AvgIpc) is 2.17. The molecule has 4 nitrogen and oxygen atoms in total. The number of ether oxygens (including phenoxy) is 1. The second-order valence-electron chi connectivity index (χ2n) is 2.90. The van der Waals surface area contributed by atoms with Gasteiger partial charge in [-0.3, -0.25) is 0 Å². The lowest BCUT2D eigenvalue weighted by Crippen LogP contribution is -2.11. The lowest BCUT2D eigenvalue weighted by molar-refractivity contribution is 0.415. The van der Waals surface area contributed by atoms with Crippen molar-refractivity contribution in [2.45, 2.75) is 0 Å². The van der Waals surface area contributed by atoms with Crippen LogP contribution in [0.4, 0.5) is 9.57 Å². The summed E-state index contributed by atoms with van der Waals surface area (Å²) in [4.78, 5) is 0. The molecule has 0 atom stereocenters. The van der Waals surface area contributed by atoms with E-state index in [0.717, 1.165) is 5.69 Å². The van der Waals surface area contributed by atoms with E-state index in [1.807, 2.05) is 0 Å². The van der Waals surface area contributed by atoms with E-state index >= 15 is 0 Å². The Morgan fingerprint density at radius 3 is 2.31 bits per heavy atom. The summed E-state index contributed by atoms with van der Waals surface area (Å²) in [5.41, 5.74) is 0.722. The van der Waals surface area contributed by atoms with Gasteiger partial charge < -0.3 is 10.1 Å². The zero-order valence-corrected chi connectivity index (χ0v) is 10.3. The molecule has 7 heteroatoms. The molecule has 0 aromatic heterocycles. The van der Waals surface area contributed by atoms with Crippen molar-refractivity contribution in [2.75, 3.05) is 24.7 Å². The fourth-order valence-electron chi connectivity index (χ4n) is 1.03. The molecular weight excluding hydrogens is 257 g/mol. The maximum Gasteiger partial charge on any atom is 0.304 e. The third-order valence-electron chi connectivity index (χ3n) is 1.77. The quantitative estimate of drug-likeness (QED) is 0.829. The Hall–Kier alpha value is -1.01. The first-order chi connectivity index (χ1) is 7.01. The van der Waals surface area contributed by atoms with Crippen LogP contribution in [0.15, 0.2) is 24.3 Å². The number of hydrogen-bond donors (Lipinski definition) is 1. The molecule has 0 heterocycles. The Morgan fingerprint density at radius 1 is 1.31 bits per heavy atom. The van der Waals surface area contributed by atoms with Gasteiger partial charge in [-0.25, -0.2) is 0 Å². The standard InChI is InChI=1S/C9H12FNO3S.ClH/c1-14-9-4-2-8(3-5-9)11-6-7-15(10,12)13;/h2-5,11H,6-7H2,1H3;1H. The molecular formula is C9H13ClFNO3S. The SMILES string of the molecule is COc1ccc(NCCS(=O)(=O)F)cc1.Cl. The van der Waals surface area contributed by atoms with E-state index in [2.05, 4.69) is 5.32 Å². The van der Waals surface area contributed by atoms with Crippen LogP contribution in [0.3, 0.4) is 0 Å². The van der Waals surface area contributed by atoms with Crippen LogP contribution in [0.5, 0.6) is 5.75 Å². The first-order valence-corrected chi connectivity index (χ1v) is 5.87. The summed E-state index contributed by atoms with van der Waals surface area (Å²) in [7, 11) is -2.84. The third kappa shape index (κ3) is 5.77. The number of hydrogen-bond acceptors (Lipinski definition) is 4. The fraction of sp³-hybridized carbons (Fsp3) is 0.333. The van der Waals surface area contributed by atoms with Crippen molar-refractivity contribution in [2.24, 2.45) is 0 Å². The Kier molecular flexibility index (Phi) is 6.13. The monoisotopic (exact) mass is 269 g/mol. The first kappa shape index (κ1) is 15.0. The summed E-state index contributed by atoms with van der Waals surface area (Å²) in [6.45, 7) is 0.0468. The average molecular weight is 270 g/mol. The highest BCUT2D eigenvalue weighted by atomic mass is 35.5. The van der Waals surface area contributed by atoms with Gasteiger partial charge in [0.15, 0.2) is 0 Å². The molecule has 0 saturated carbocycles. The minimum atomic E-state index is -4.39. The number of benzene rings is 1. The molecule has 0 saturated heterocycles. The molecule has 0 fully saturated rings. The summed E-state index contributed by atoms with van der Waals surface area (Å²) in [6.07, 6.45) is 0. The molecule has 1 N–H and O–H groups in total. The van der Waals surface area contributed by atoms with Gasteiger partial charge in [0.1, 0.15) is 5.75 Å². The number of halogens is 2. The smallest absolute Gasteiger partial charge is 0.304 e. The molecule has 0 aliphatic heterocycles. The van der Waals surface area contributed by atoms with Gasteiger partial charge in [0.25, 0.3) is 0 Å². The van der Waals surface area contributed by atoms with Crippen LogP contribution in [0, 0.1) is 0 Å². The predicted molar refractivity (Wildman–Crippen MR) is 63.6 cm³/mol. The Balaban J connectivity index is 0.00000225. The van der Waals surface area contributed by atoms with Gasteiger partial charge in [0.2, 0.25) is 0 Å². The zero-order valence-electron chi connectivity index (χ0n) is 8.64. The normalized spacial score (nSPS) is 10.4. The molecule has 0 amide bonds. The van der Waals surface area contributed by atoms with Gasteiger partial charge in [0, 0.05) is 12.2 Å². The topological polar surface area (TPSA) is 55.4 Å². The molecule has 1 rings (SSSR count).